The average molecular weight is 395 g/mol. The lowest BCUT2D eigenvalue weighted by Gasteiger charge is -2.23. The molecule has 2 heterocycles. The van der Waals surface area contributed by atoms with E-state index in [1.165, 1.54) is 19.4 Å². The number of carbonyl (C=O) groups excluding carboxylic acids is 1. The van der Waals surface area contributed by atoms with Crippen LogP contribution < -0.4 is 10.1 Å². The van der Waals surface area contributed by atoms with Crippen LogP contribution in [0.3, 0.4) is 0 Å². The molecule has 1 aliphatic rings. The van der Waals surface area contributed by atoms with Crippen LogP contribution in [0, 0.1) is 17.6 Å². The number of amides is 1. The van der Waals surface area contributed by atoms with E-state index in [0.29, 0.717) is 17.2 Å². The number of aliphatic hydroxyl groups is 1. The topological polar surface area (TPSA) is 85.6 Å². The van der Waals surface area contributed by atoms with Crippen molar-refractivity contribution < 1.29 is 28.2 Å². The lowest BCUT2D eigenvalue weighted by Crippen LogP contribution is -2.33. The van der Waals surface area contributed by atoms with E-state index in [1.807, 2.05) is 13.8 Å². The van der Waals surface area contributed by atoms with Crippen molar-refractivity contribution in [2.45, 2.75) is 38.6 Å². The third kappa shape index (κ3) is 3.35. The first-order chi connectivity index (χ1) is 13.3. The van der Waals surface area contributed by atoms with Crippen molar-refractivity contribution >= 4 is 11.7 Å². The number of methoxy groups -OCH3 is 1. The number of nitrogens with one attached hydrogen (secondary N) is 1. The Morgan fingerprint density at radius 2 is 2.11 bits per heavy atom. The fourth-order valence-corrected chi connectivity index (χ4v) is 3.60. The van der Waals surface area contributed by atoms with Gasteiger partial charge < -0.3 is 24.5 Å². The predicted octanol–water partition coefficient (Wildman–Crippen LogP) is 2.34. The number of benzene rings is 1. The second kappa shape index (κ2) is 7.84. The van der Waals surface area contributed by atoms with Gasteiger partial charge in [0.2, 0.25) is 5.82 Å². The zero-order valence-electron chi connectivity index (χ0n) is 16.1. The second-order valence-corrected chi connectivity index (χ2v) is 6.90. The van der Waals surface area contributed by atoms with Crippen LogP contribution in [0.4, 0.5) is 14.6 Å². The number of aliphatic hydroxyl groups excluding tert-OH is 1. The van der Waals surface area contributed by atoms with E-state index >= 15 is 0 Å². The van der Waals surface area contributed by atoms with Gasteiger partial charge in [-0.2, -0.15) is 4.39 Å². The van der Waals surface area contributed by atoms with Gasteiger partial charge in [0.05, 0.1) is 19.4 Å². The molecule has 1 aromatic carbocycles. The van der Waals surface area contributed by atoms with E-state index in [1.54, 1.807) is 11.6 Å². The number of aromatic nitrogens is 2. The van der Waals surface area contributed by atoms with E-state index < -0.39 is 29.6 Å². The standard InChI is InChI=1S/C19H23F2N3O4/c1-9-10(2)28-18(19(26)23-13-7-22-14(8-25)24(13)3)15(9)11-5-6-12(20)16(21)17(11)27-4/h5-7,9-10,15,18,25H,8H2,1-4H3,(H,23,26)/t9-,10-,15+,18-/m1/s1. The molecule has 152 valence electrons. The highest BCUT2D eigenvalue weighted by atomic mass is 19.2. The molecule has 3 rings (SSSR count). The summed E-state index contributed by atoms with van der Waals surface area (Å²) in [5.74, 6) is -2.68. The molecule has 1 fully saturated rings. The van der Waals surface area contributed by atoms with Crippen molar-refractivity contribution in [3.8, 4) is 5.75 Å². The Labute approximate surface area is 161 Å². The van der Waals surface area contributed by atoms with Gasteiger partial charge in [-0.3, -0.25) is 4.79 Å². The molecule has 0 saturated carbocycles. The summed E-state index contributed by atoms with van der Waals surface area (Å²) < 4.78 is 40.4. The van der Waals surface area contributed by atoms with Crippen LogP contribution in [0.5, 0.6) is 5.75 Å². The lowest BCUT2D eigenvalue weighted by molar-refractivity contribution is -0.127. The highest BCUT2D eigenvalue weighted by Gasteiger charge is 2.46. The van der Waals surface area contributed by atoms with Gasteiger partial charge in [-0.1, -0.05) is 13.0 Å². The number of imidazole rings is 1. The summed E-state index contributed by atoms with van der Waals surface area (Å²) in [5, 5.41) is 12.0. The van der Waals surface area contributed by atoms with Gasteiger partial charge in [0.15, 0.2) is 11.6 Å². The summed E-state index contributed by atoms with van der Waals surface area (Å²) in [7, 11) is 2.91. The Morgan fingerprint density at radius 3 is 2.71 bits per heavy atom. The van der Waals surface area contributed by atoms with E-state index in [0.717, 1.165) is 6.07 Å². The molecule has 0 radical (unpaired) electrons. The maximum absolute atomic E-state index is 14.2. The zero-order valence-corrected chi connectivity index (χ0v) is 16.1. The monoisotopic (exact) mass is 395 g/mol. The minimum atomic E-state index is -1.09. The molecule has 1 aromatic heterocycles. The molecule has 2 aromatic rings. The van der Waals surface area contributed by atoms with Gasteiger partial charge >= 0.3 is 0 Å². The third-order valence-corrected chi connectivity index (χ3v) is 5.37. The molecule has 4 atom stereocenters. The highest BCUT2D eigenvalue weighted by molar-refractivity contribution is 5.94. The third-order valence-electron chi connectivity index (χ3n) is 5.37. The van der Waals surface area contributed by atoms with Crippen LogP contribution >= 0.6 is 0 Å². The molecule has 2 N–H and O–H groups in total. The second-order valence-electron chi connectivity index (χ2n) is 6.90. The predicted molar refractivity (Wildman–Crippen MR) is 96.9 cm³/mol. The summed E-state index contributed by atoms with van der Waals surface area (Å²) in [6, 6.07) is 2.44. The largest absolute Gasteiger partial charge is 0.493 e. The average Bonchev–Trinajstić information content (AvgIpc) is 3.17. The van der Waals surface area contributed by atoms with Gasteiger partial charge in [0, 0.05) is 18.5 Å². The molecule has 1 saturated heterocycles. The fraction of sp³-hybridized carbons (Fsp3) is 0.474. The van der Waals surface area contributed by atoms with E-state index in [9.17, 15) is 18.7 Å². The number of ether oxygens (including phenoxy) is 2. The fourth-order valence-electron chi connectivity index (χ4n) is 3.60. The normalized spacial score (nSPS) is 24.4. The zero-order chi connectivity index (χ0) is 20.6. The number of nitrogens with zero attached hydrogens (tertiary/aromatic N) is 2. The van der Waals surface area contributed by atoms with Crippen molar-refractivity contribution in [3.05, 3.63) is 41.4 Å². The lowest BCUT2D eigenvalue weighted by atomic mass is 9.82. The van der Waals surface area contributed by atoms with Crippen molar-refractivity contribution in [2.75, 3.05) is 12.4 Å². The molecule has 1 aliphatic heterocycles. The highest BCUT2D eigenvalue weighted by Crippen LogP contribution is 2.44. The molecule has 9 heteroatoms. The van der Waals surface area contributed by atoms with Gasteiger partial charge in [0.25, 0.3) is 5.91 Å². The quantitative estimate of drug-likeness (QED) is 0.812. The molecular formula is C19H23F2N3O4. The van der Waals surface area contributed by atoms with Crippen LogP contribution in [0.2, 0.25) is 0 Å². The molecule has 1 amide bonds. The van der Waals surface area contributed by atoms with Crippen molar-refractivity contribution in [2.24, 2.45) is 13.0 Å². The summed E-state index contributed by atoms with van der Waals surface area (Å²) in [6.07, 6.45) is 0.215. The molecule has 7 nitrogen and oxygen atoms in total. The van der Waals surface area contributed by atoms with E-state index in [-0.39, 0.29) is 24.4 Å². The Hall–Kier alpha value is -2.52. The number of hydrogen-bond donors (Lipinski definition) is 2. The minimum absolute atomic E-state index is 0.144. The Morgan fingerprint density at radius 1 is 1.39 bits per heavy atom. The van der Waals surface area contributed by atoms with Crippen LogP contribution in [0.25, 0.3) is 0 Å². The van der Waals surface area contributed by atoms with E-state index in [2.05, 4.69) is 10.3 Å². The van der Waals surface area contributed by atoms with Crippen molar-refractivity contribution in [1.29, 1.82) is 0 Å². The van der Waals surface area contributed by atoms with Gasteiger partial charge in [-0.05, 0) is 18.9 Å². The van der Waals surface area contributed by atoms with Crippen molar-refractivity contribution in [1.82, 2.24) is 9.55 Å². The number of hydrogen-bond acceptors (Lipinski definition) is 5. The summed E-state index contributed by atoms with van der Waals surface area (Å²) in [6.45, 7) is 3.44. The van der Waals surface area contributed by atoms with Crippen LogP contribution in [-0.2, 0) is 23.2 Å². The van der Waals surface area contributed by atoms with Gasteiger partial charge in [-0.15, -0.1) is 0 Å². The smallest absolute Gasteiger partial charge is 0.255 e. The Kier molecular flexibility index (Phi) is 5.66. The Bertz CT molecular complexity index is 886. The minimum Gasteiger partial charge on any atom is -0.493 e. The van der Waals surface area contributed by atoms with Crippen LogP contribution in [0.1, 0.15) is 31.2 Å². The first-order valence-electron chi connectivity index (χ1n) is 8.89. The van der Waals surface area contributed by atoms with E-state index in [4.69, 9.17) is 9.47 Å². The van der Waals surface area contributed by atoms with Crippen molar-refractivity contribution in [3.63, 3.8) is 0 Å². The number of anilines is 1. The number of carbonyl (C=O) groups is 1. The molecular weight excluding hydrogens is 372 g/mol. The maximum Gasteiger partial charge on any atom is 0.255 e. The summed E-state index contributed by atoms with van der Waals surface area (Å²) >= 11 is 0. The van der Waals surface area contributed by atoms with Gasteiger partial charge in [0.1, 0.15) is 24.4 Å². The molecule has 0 spiro atoms. The SMILES string of the molecule is COc1c([C@@H]2[C@H](C)[C@@H](C)O[C@H]2C(=O)Nc2cnc(CO)n2C)ccc(F)c1F. The van der Waals surface area contributed by atoms with Crippen LogP contribution in [-0.4, -0.2) is 39.9 Å². The first kappa shape index (κ1) is 20.2. The first-order valence-corrected chi connectivity index (χ1v) is 8.89. The van der Waals surface area contributed by atoms with Gasteiger partial charge in [-0.25, -0.2) is 9.37 Å². The summed E-state index contributed by atoms with van der Waals surface area (Å²) in [5.41, 5.74) is 0.374. The molecule has 0 bridgehead atoms. The van der Waals surface area contributed by atoms with Crippen LogP contribution in [0.15, 0.2) is 18.3 Å². The number of halogens is 2. The molecule has 0 aliphatic carbocycles. The summed E-state index contributed by atoms with van der Waals surface area (Å²) in [4.78, 5) is 17.0. The Balaban J connectivity index is 1.95. The number of rotatable bonds is 5. The molecule has 28 heavy (non-hydrogen) atoms. The molecule has 0 unspecified atom stereocenters. The maximum atomic E-state index is 14.2.